The molecule has 0 fully saturated rings. The Morgan fingerprint density at radius 1 is 0.351 bits per heavy atom. The van der Waals surface area contributed by atoms with Crippen molar-refractivity contribution in [3.05, 3.63) is 212 Å². The molecule has 9 aromatic carbocycles. The van der Waals surface area contributed by atoms with Gasteiger partial charge in [0.05, 0.1) is 16.1 Å². The SMILES string of the molecule is c1ccc(-c2ccccc2-c2c(-c3ccccc3)cccc2N(c2ccc(-c3ccc4c(c3)oc3ccccc34)cc2)c2cccc3c2sc2ccccc23)cc1. The zero-order valence-electron chi connectivity index (χ0n) is 31.0. The highest BCUT2D eigenvalue weighted by Crippen LogP contribution is 2.51. The lowest BCUT2D eigenvalue weighted by atomic mass is 9.87. The Kier molecular flexibility index (Phi) is 8.04. The van der Waals surface area contributed by atoms with Crippen molar-refractivity contribution in [1.82, 2.24) is 0 Å². The number of hydrogen-bond donors (Lipinski definition) is 0. The minimum absolute atomic E-state index is 0.898. The zero-order valence-corrected chi connectivity index (χ0v) is 31.8. The van der Waals surface area contributed by atoms with E-state index in [4.69, 9.17) is 4.42 Å². The van der Waals surface area contributed by atoms with E-state index < -0.39 is 0 Å². The van der Waals surface area contributed by atoms with E-state index in [1.165, 1.54) is 53.6 Å². The number of hydrogen-bond acceptors (Lipinski definition) is 3. The number of furan rings is 1. The van der Waals surface area contributed by atoms with E-state index in [0.717, 1.165) is 50.1 Å². The van der Waals surface area contributed by atoms with Crippen molar-refractivity contribution in [1.29, 1.82) is 0 Å². The van der Waals surface area contributed by atoms with Gasteiger partial charge in [-0.3, -0.25) is 0 Å². The van der Waals surface area contributed by atoms with E-state index in [0.29, 0.717) is 0 Å². The first kappa shape index (κ1) is 33.2. The molecule has 0 saturated carbocycles. The van der Waals surface area contributed by atoms with Crippen LogP contribution >= 0.6 is 11.3 Å². The second-order valence-electron chi connectivity index (χ2n) is 14.4. The van der Waals surface area contributed by atoms with Crippen LogP contribution in [0.2, 0.25) is 0 Å². The predicted molar refractivity (Wildman–Crippen MR) is 243 cm³/mol. The summed E-state index contributed by atoms with van der Waals surface area (Å²) in [4.78, 5) is 2.48. The van der Waals surface area contributed by atoms with Crippen LogP contribution in [0.25, 0.3) is 86.6 Å². The fourth-order valence-corrected chi connectivity index (χ4v) is 9.67. The van der Waals surface area contributed by atoms with Gasteiger partial charge >= 0.3 is 0 Å². The van der Waals surface area contributed by atoms with Crippen LogP contribution in [-0.2, 0) is 0 Å². The van der Waals surface area contributed by atoms with Crippen LogP contribution in [0.3, 0.4) is 0 Å². The van der Waals surface area contributed by atoms with E-state index in [2.05, 4.69) is 205 Å². The lowest BCUT2D eigenvalue weighted by molar-refractivity contribution is 0.669. The summed E-state index contributed by atoms with van der Waals surface area (Å²) in [6, 6.07) is 76.5. The predicted octanol–water partition coefficient (Wildman–Crippen LogP) is 16.1. The van der Waals surface area contributed by atoms with Gasteiger partial charge in [0.1, 0.15) is 11.2 Å². The molecular formula is C54H35NOS. The maximum absolute atomic E-state index is 6.30. The third-order valence-electron chi connectivity index (χ3n) is 11.1. The third-order valence-corrected chi connectivity index (χ3v) is 12.3. The Morgan fingerprint density at radius 3 is 1.74 bits per heavy atom. The van der Waals surface area contributed by atoms with E-state index in [1.807, 2.05) is 23.5 Å². The molecule has 0 aliphatic heterocycles. The van der Waals surface area contributed by atoms with Gasteiger partial charge in [-0.25, -0.2) is 0 Å². The number of nitrogens with zero attached hydrogens (tertiary/aromatic N) is 1. The first-order chi connectivity index (χ1) is 28.3. The van der Waals surface area contributed by atoms with Gasteiger partial charge in [-0.2, -0.15) is 0 Å². The smallest absolute Gasteiger partial charge is 0.136 e. The molecule has 2 nitrogen and oxygen atoms in total. The second kappa shape index (κ2) is 13.8. The Bertz CT molecular complexity index is 3230. The summed E-state index contributed by atoms with van der Waals surface area (Å²) in [5.41, 5.74) is 14.5. The van der Waals surface area contributed by atoms with Crippen LogP contribution in [0.4, 0.5) is 17.1 Å². The number of rotatable bonds is 7. The van der Waals surface area contributed by atoms with Crippen LogP contribution in [0, 0.1) is 0 Å². The minimum Gasteiger partial charge on any atom is -0.456 e. The minimum atomic E-state index is 0.898. The molecule has 0 aliphatic carbocycles. The first-order valence-corrected chi connectivity index (χ1v) is 20.2. The quantitative estimate of drug-likeness (QED) is 0.162. The molecule has 0 bridgehead atoms. The van der Waals surface area contributed by atoms with Crippen molar-refractivity contribution >= 4 is 70.5 Å². The lowest BCUT2D eigenvalue weighted by Crippen LogP contribution is -2.12. The number of anilines is 3. The molecule has 11 aromatic rings. The van der Waals surface area contributed by atoms with Crippen molar-refractivity contribution in [2.75, 3.05) is 4.90 Å². The first-order valence-electron chi connectivity index (χ1n) is 19.3. The maximum atomic E-state index is 6.30. The molecule has 0 aliphatic rings. The van der Waals surface area contributed by atoms with E-state index in [9.17, 15) is 0 Å². The molecule has 57 heavy (non-hydrogen) atoms. The van der Waals surface area contributed by atoms with Crippen molar-refractivity contribution in [3.63, 3.8) is 0 Å². The Hall–Kier alpha value is -7.20. The second-order valence-corrected chi connectivity index (χ2v) is 15.5. The summed E-state index contributed by atoms with van der Waals surface area (Å²) in [5.74, 6) is 0. The molecule has 2 heterocycles. The van der Waals surface area contributed by atoms with Crippen molar-refractivity contribution < 1.29 is 4.42 Å². The average Bonchev–Trinajstić information content (AvgIpc) is 3.86. The van der Waals surface area contributed by atoms with E-state index in [1.54, 1.807) is 0 Å². The number of para-hydroxylation sites is 1. The molecular weight excluding hydrogens is 711 g/mol. The Balaban J connectivity index is 1.16. The standard InChI is InChI=1S/C54H35NOS/c1-3-15-37(16-4-1)41-19-7-8-22-46(41)53-42(38-17-5-2-6-18-38)23-13-25-48(53)55(49-26-14-24-47-45-21-10-12-28-52(45)57-54(47)49)40-32-29-36(30-33-40)39-31-34-44-43-20-9-11-27-50(43)56-51(44)35-39/h1-35H. The van der Waals surface area contributed by atoms with E-state index >= 15 is 0 Å². The highest BCUT2D eigenvalue weighted by molar-refractivity contribution is 7.26. The zero-order chi connectivity index (χ0) is 37.7. The summed E-state index contributed by atoms with van der Waals surface area (Å²) in [6.07, 6.45) is 0. The molecule has 268 valence electrons. The van der Waals surface area contributed by atoms with Crippen LogP contribution in [-0.4, -0.2) is 0 Å². The Morgan fingerprint density at radius 2 is 0.930 bits per heavy atom. The van der Waals surface area contributed by atoms with Crippen LogP contribution < -0.4 is 4.90 Å². The van der Waals surface area contributed by atoms with Gasteiger partial charge in [0, 0.05) is 37.5 Å². The van der Waals surface area contributed by atoms with E-state index in [-0.39, 0.29) is 0 Å². The lowest BCUT2D eigenvalue weighted by Gasteiger charge is -2.30. The molecule has 0 N–H and O–H groups in total. The summed E-state index contributed by atoms with van der Waals surface area (Å²) < 4.78 is 8.83. The fraction of sp³-hybridized carbons (Fsp3) is 0. The largest absolute Gasteiger partial charge is 0.456 e. The molecule has 0 unspecified atom stereocenters. The van der Waals surface area contributed by atoms with Gasteiger partial charge < -0.3 is 9.32 Å². The number of thiophene rings is 1. The topological polar surface area (TPSA) is 16.4 Å². The van der Waals surface area contributed by atoms with Crippen LogP contribution in [0.1, 0.15) is 0 Å². The number of benzene rings is 9. The molecule has 0 radical (unpaired) electrons. The van der Waals surface area contributed by atoms with Crippen LogP contribution in [0.5, 0.6) is 0 Å². The summed E-state index contributed by atoms with van der Waals surface area (Å²) in [6.45, 7) is 0. The average molecular weight is 746 g/mol. The van der Waals surface area contributed by atoms with Crippen molar-refractivity contribution in [2.45, 2.75) is 0 Å². The summed E-state index contributed by atoms with van der Waals surface area (Å²) in [7, 11) is 0. The molecule has 0 saturated heterocycles. The van der Waals surface area contributed by atoms with Crippen LogP contribution in [0.15, 0.2) is 217 Å². The third kappa shape index (κ3) is 5.71. The molecule has 3 heteroatoms. The monoisotopic (exact) mass is 745 g/mol. The van der Waals surface area contributed by atoms with Gasteiger partial charge in [-0.05, 0) is 87.5 Å². The highest BCUT2D eigenvalue weighted by Gasteiger charge is 2.25. The van der Waals surface area contributed by atoms with Gasteiger partial charge in [-0.15, -0.1) is 11.3 Å². The normalized spacial score (nSPS) is 11.5. The van der Waals surface area contributed by atoms with Gasteiger partial charge in [0.2, 0.25) is 0 Å². The maximum Gasteiger partial charge on any atom is 0.136 e. The van der Waals surface area contributed by atoms with Crippen molar-refractivity contribution in [3.8, 4) is 44.5 Å². The molecule has 0 amide bonds. The number of fused-ring (bicyclic) bond motifs is 6. The van der Waals surface area contributed by atoms with Crippen molar-refractivity contribution in [2.24, 2.45) is 0 Å². The highest BCUT2D eigenvalue weighted by atomic mass is 32.1. The molecule has 2 aromatic heterocycles. The molecule has 11 rings (SSSR count). The Labute approximate surface area is 335 Å². The molecule has 0 atom stereocenters. The van der Waals surface area contributed by atoms with Gasteiger partial charge in [0.25, 0.3) is 0 Å². The van der Waals surface area contributed by atoms with Gasteiger partial charge in [-0.1, -0.05) is 164 Å². The summed E-state index contributed by atoms with van der Waals surface area (Å²) in [5, 5.41) is 4.82. The fourth-order valence-electron chi connectivity index (χ4n) is 8.46. The summed E-state index contributed by atoms with van der Waals surface area (Å²) >= 11 is 1.86. The molecule has 0 spiro atoms. The van der Waals surface area contributed by atoms with Gasteiger partial charge in [0.15, 0.2) is 0 Å².